The third-order valence-corrected chi connectivity index (χ3v) is 11.2. The molecule has 0 fully saturated rings. The van der Waals surface area contributed by atoms with E-state index in [-0.39, 0.29) is 69.4 Å². The fourth-order valence-corrected chi connectivity index (χ4v) is 6.76. The zero-order valence-corrected chi connectivity index (χ0v) is 40.0. The van der Waals surface area contributed by atoms with E-state index in [0.717, 1.165) is 12.8 Å². The normalized spacial score (nSPS) is 13.8. The molecule has 0 aliphatic rings. The first-order chi connectivity index (χ1) is 33.1. The molecule has 1 aromatic rings. The molecule has 1 aromatic carbocycles. The Hall–Kier alpha value is -6.63. The minimum Gasteiger partial charge on any atom is -0.481 e. The van der Waals surface area contributed by atoms with Gasteiger partial charge in [0.25, 0.3) is 6.47 Å². The summed E-state index contributed by atoms with van der Waals surface area (Å²) in [5.41, 5.74) is 6.57. The number of hydrogen-bond acceptors (Lipinski definition) is 15. The highest BCUT2D eigenvalue weighted by atomic mass is 32.1. The van der Waals surface area contributed by atoms with Crippen LogP contribution in [0.1, 0.15) is 115 Å². The second kappa shape index (κ2) is 34.6. The number of hydrogen-bond donors (Lipinski definition) is 12. The number of carboxylic acids is 4. The summed E-state index contributed by atoms with van der Waals surface area (Å²) >= 11 is 4.05. The minimum atomic E-state index is -1.46. The van der Waals surface area contributed by atoms with Crippen molar-refractivity contribution in [2.45, 2.75) is 153 Å². The summed E-state index contributed by atoms with van der Waals surface area (Å²) in [6, 6.07) is 1.94. The van der Waals surface area contributed by atoms with E-state index in [9.17, 15) is 72.9 Å². The van der Waals surface area contributed by atoms with Gasteiger partial charge in [0.1, 0.15) is 23.9 Å². The molecule has 25 heteroatoms. The predicted octanol–water partition coefficient (Wildman–Crippen LogP) is 0.578. The number of Topliss-reactive ketones (excluding diaryl/α,β-unsaturated/α-hetero) is 2. The van der Waals surface area contributed by atoms with Crippen molar-refractivity contribution in [1.29, 1.82) is 0 Å². The van der Waals surface area contributed by atoms with E-state index in [2.05, 4.69) is 49.3 Å². The number of carbonyl (C=O) groups is 12. The topological polar surface area (TPSA) is 393 Å². The van der Waals surface area contributed by atoms with Crippen molar-refractivity contribution < 1.29 is 82.7 Å². The number of carboxylic acid groups (broad SMARTS) is 4. The molecule has 1 rings (SSSR count). The Kier molecular flexibility index (Phi) is 30.4. The van der Waals surface area contributed by atoms with Crippen molar-refractivity contribution in [3.63, 3.8) is 0 Å². The standard InChI is InChI=1S/C45H67N7O17S/c1-27(25-70)48-42(63)34(23-40(60)61)50-41(62)31(46)24-47-36(56)18-15-29(43(64)65)22-35(55)33(21-28-11-7-6-8-12-28)49-37(57)14-10-5-3-2-4-9-13-30(54)16-17-32(44(66)67)51-45(68)52-38(69-26-53)19-20-39(58)59/h6-8,11-12,26-27,29,31-34,38,70H,2-5,9-10,13-25,46H2,1H3,(H,47,56)(H,48,63)(H,49,57)(H,50,62)(H,58,59)(H,60,61)(H,64,65)(H,66,67)(H2,51,52,68)/t27-,29-,31+,32+,33+,34+,38-/m1/s1. The maximum atomic E-state index is 13.6. The summed E-state index contributed by atoms with van der Waals surface area (Å²) in [4.78, 5) is 146. The number of urea groups is 1. The monoisotopic (exact) mass is 1010 g/mol. The fraction of sp³-hybridized carbons (Fsp3) is 0.600. The first-order valence-corrected chi connectivity index (χ1v) is 23.5. The van der Waals surface area contributed by atoms with Crippen molar-refractivity contribution in [1.82, 2.24) is 31.9 Å². The molecule has 0 radical (unpaired) electrons. The first-order valence-electron chi connectivity index (χ1n) is 22.8. The summed E-state index contributed by atoms with van der Waals surface area (Å²) in [7, 11) is 0. The predicted molar refractivity (Wildman–Crippen MR) is 251 cm³/mol. The molecule has 7 atom stereocenters. The second-order valence-electron chi connectivity index (χ2n) is 16.6. The number of carbonyl (C=O) groups excluding carboxylic acids is 8. The number of nitrogens with two attached hydrogens (primary N) is 1. The Labute approximate surface area is 410 Å². The van der Waals surface area contributed by atoms with Gasteiger partial charge in [0, 0.05) is 56.9 Å². The second-order valence-corrected chi connectivity index (χ2v) is 16.9. The van der Waals surface area contributed by atoms with E-state index in [1.54, 1.807) is 37.3 Å². The van der Waals surface area contributed by atoms with Crippen molar-refractivity contribution >= 4 is 84.2 Å². The lowest BCUT2D eigenvalue weighted by molar-refractivity contribution is -0.144. The van der Waals surface area contributed by atoms with Gasteiger partial charge in [0.2, 0.25) is 23.6 Å². The van der Waals surface area contributed by atoms with Gasteiger partial charge in [0.05, 0.1) is 24.8 Å². The van der Waals surface area contributed by atoms with Crippen LogP contribution in [0.25, 0.3) is 0 Å². The number of ether oxygens (including phenoxy) is 1. The maximum absolute atomic E-state index is 13.6. The van der Waals surface area contributed by atoms with Crippen LogP contribution < -0.4 is 37.6 Å². The number of rotatable bonds is 39. The molecule has 0 saturated heterocycles. The Morgan fingerprint density at radius 2 is 1.29 bits per heavy atom. The van der Waals surface area contributed by atoms with Crippen LogP contribution >= 0.6 is 12.6 Å². The van der Waals surface area contributed by atoms with Crippen molar-refractivity contribution in [3.05, 3.63) is 35.9 Å². The zero-order chi connectivity index (χ0) is 52.6. The van der Waals surface area contributed by atoms with Gasteiger partial charge in [-0.25, -0.2) is 9.59 Å². The number of aliphatic carboxylic acids is 4. The number of ketones is 2. The number of unbranched alkanes of at least 4 members (excludes halogenated alkanes) is 5. The van der Waals surface area contributed by atoms with Gasteiger partial charge in [-0.1, -0.05) is 56.0 Å². The Bertz CT molecular complexity index is 1920. The molecule has 0 heterocycles. The van der Waals surface area contributed by atoms with Crippen LogP contribution in [-0.2, 0) is 63.9 Å². The van der Waals surface area contributed by atoms with Crippen molar-refractivity contribution in [2.24, 2.45) is 11.7 Å². The molecule has 0 aliphatic carbocycles. The smallest absolute Gasteiger partial charge is 0.326 e. The third-order valence-electron chi connectivity index (χ3n) is 10.6. The van der Waals surface area contributed by atoms with Gasteiger partial charge < -0.3 is 62.8 Å². The zero-order valence-electron chi connectivity index (χ0n) is 39.1. The summed E-state index contributed by atoms with van der Waals surface area (Å²) in [6.07, 6.45) is -0.101. The van der Waals surface area contributed by atoms with Crippen LogP contribution in [0.2, 0.25) is 0 Å². The Morgan fingerprint density at radius 1 is 0.643 bits per heavy atom. The summed E-state index contributed by atoms with van der Waals surface area (Å²) in [5, 5.41) is 51.6. The molecule has 24 nitrogen and oxygen atoms in total. The highest BCUT2D eigenvalue weighted by Crippen LogP contribution is 2.17. The highest BCUT2D eigenvalue weighted by molar-refractivity contribution is 7.80. The van der Waals surface area contributed by atoms with Gasteiger partial charge in [-0.2, -0.15) is 12.6 Å². The Balaban J connectivity index is 2.60. The average molecular weight is 1010 g/mol. The fourth-order valence-electron chi connectivity index (χ4n) is 6.67. The molecular formula is C45H67N7O17S. The first kappa shape index (κ1) is 61.4. The molecule has 0 saturated carbocycles. The summed E-state index contributed by atoms with van der Waals surface area (Å²) in [6.45, 7) is 1.20. The van der Waals surface area contributed by atoms with E-state index >= 15 is 0 Å². The lowest BCUT2D eigenvalue weighted by Gasteiger charge is -2.21. The molecule has 6 amide bonds. The van der Waals surface area contributed by atoms with Crippen LogP contribution in [0.5, 0.6) is 0 Å². The van der Waals surface area contributed by atoms with Crippen molar-refractivity contribution in [3.8, 4) is 0 Å². The van der Waals surface area contributed by atoms with E-state index in [0.29, 0.717) is 31.2 Å². The summed E-state index contributed by atoms with van der Waals surface area (Å²) in [5.74, 6) is -9.96. The van der Waals surface area contributed by atoms with Crippen LogP contribution in [0.4, 0.5) is 4.79 Å². The van der Waals surface area contributed by atoms with E-state index in [1.807, 2.05) is 0 Å². The molecule has 0 aliphatic heterocycles. The number of nitrogens with one attached hydrogen (secondary N) is 6. The minimum absolute atomic E-state index is 0.00980. The highest BCUT2D eigenvalue weighted by Gasteiger charge is 2.30. The van der Waals surface area contributed by atoms with E-state index < -0.39 is 127 Å². The maximum Gasteiger partial charge on any atom is 0.326 e. The van der Waals surface area contributed by atoms with Crippen LogP contribution in [0.3, 0.4) is 0 Å². The molecule has 0 aromatic heterocycles. The SMILES string of the molecule is C[C@H](CS)NC(=O)[C@H](CC(=O)O)NC(=O)[C@@H](N)CNC(=O)CC[C@H](CC(=O)[C@H](Cc1ccccc1)NC(=O)CCCCCCCCC(=O)CC[C@H](NC(=O)N[C@@H](CCC(=O)O)OC=O)C(=O)O)C(=O)O. The van der Waals surface area contributed by atoms with Crippen molar-refractivity contribution in [2.75, 3.05) is 12.3 Å². The number of benzene rings is 1. The summed E-state index contributed by atoms with van der Waals surface area (Å²) < 4.78 is 4.61. The molecule has 390 valence electrons. The van der Waals surface area contributed by atoms with Crippen LogP contribution in [0.15, 0.2) is 30.3 Å². The van der Waals surface area contributed by atoms with E-state index in [1.165, 1.54) is 0 Å². The third kappa shape index (κ3) is 28.0. The van der Waals surface area contributed by atoms with Gasteiger partial charge in [-0.05, 0) is 44.6 Å². The molecule has 0 unspecified atom stereocenters. The van der Waals surface area contributed by atoms with E-state index in [4.69, 9.17) is 10.8 Å². The van der Waals surface area contributed by atoms with Crippen LogP contribution in [0, 0.1) is 5.92 Å². The number of amides is 6. The van der Waals surface area contributed by atoms with Gasteiger partial charge in [0.15, 0.2) is 12.0 Å². The van der Waals surface area contributed by atoms with Gasteiger partial charge in [-0.15, -0.1) is 0 Å². The average Bonchev–Trinajstić information content (AvgIpc) is 3.30. The van der Waals surface area contributed by atoms with Crippen LogP contribution in [-0.4, -0.2) is 141 Å². The number of thiol groups is 1. The molecule has 70 heavy (non-hydrogen) atoms. The lowest BCUT2D eigenvalue weighted by atomic mass is 9.91. The van der Waals surface area contributed by atoms with Gasteiger partial charge >= 0.3 is 29.9 Å². The molecule has 0 bridgehead atoms. The largest absolute Gasteiger partial charge is 0.481 e. The quantitative estimate of drug-likeness (QED) is 0.0186. The van der Waals surface area contributed by atoms with Gasteiger partial charge in [-0.3, -0.25) is 47.9 Å². The Morgan fingerprint density at radius 3 is 1.87 bits per heavy atom. The lowest BCUT2D eigenvalue weighted by Crippen LogP contribution is -2.55. The molecular weight excluding hydrogens is 943 g/mol. The molecule has 12 N–H and O–H groups in total. The molecule has 0 spiro atoms.